The van der Waals surface area contributed by atoms with Gasteiger partial charge in [-0.3, -0.25) is 0 Å². The van der Waals surface area contributed by atoms with Gasteiger partial charge in [0.05, 0.1) is 37.5 Å². The highest BCUT2D eigenvalue weighted by molar-refractivity contribution is 9.10. The summed E-state index contributed by atoms with van der Waals surface area (Å²) in [5, 5.41) is 5.92. The summed E-state index contributed by atoms with van der Waals surface area (Å²) in [6.45, 7) is 4.22. The van der Waals surface area contributed by atoms with E-state index in [2.05, 4.69) is 80.5 Å². The molecular weight excluding hydrogens is 492 g/mol. The third-order valence-corrected chi connectivity index (χ3v) is 6.85. The molecule has 1 N–H and O–H groups in total. The summed E-state index contributed by atoms with van der Waals surface area (Å²) in [6, 6.07) is 19.0. The lowest BCUT2D eigenvalue weighted by Gasteiger charge is -2.20. The molecule has 1 aliphatic rings. The lowest BCUT2D eigenvalue weighted by molar-refractivity contribution is -0.686. The second-order valence-electron chi connectivity index (χ2n) is 8.32. The average Bonchev–Trinajstić information content (AvgIpc) is 2.86. The van der Waals surface area contributed by atoms with Crippen LogP contribution in [0.4, 0.5) is 5.69 Å². The zero-order valence-electron chi connectivity index (χ0n) is 19.7. The van der Waals surface area contributed by atoms with Crippen LogP contribution >= 0.6 is 15.9 Å². The number of hydrogen-bond donors (Lipinski definition) is 1. The molecule has 0 unspecified atom stereocenters. The Morgan fingerprint density at radius 3 is 2.47 bits per heavy atom. The number of aromatic nitrogens is 1. The van der Waals surface area contributed by atoms with Crippen molar-refractivity contribution in [2.45, 2.75) is 26.4 Å². The van der Waals surface area contributed by atoms with Crippen molar-refractivity contribution in [2.24, 2.45) is 0 Å². The first-order valence-corrected chi connectivity index (χ1v) is 12.3. The van der Waals surface area contributed by atoms with E-state index in [1.54, 1.807) is 14.2 Å². The molecule has 0 aliphatic carbocycles. The van der Waals surface area contributed by atoms with E-state index >= 15 is 0 Å². The molecule has 1 aromatic heterocycles. The number of nitrogens with zero attached hydrogens (tertiary/aromatic N) is 1. The number of rotatable bonds is 7. The maximum Gasteiger partial charge on any atom is 0.213 e. The molecule has 0 saturated carbocycles. The van der Waals surface area contributed by atoms with Gasteiger partial charge in [0.2, 0.25) is 5.69 Å². The van der Waals surface area contributed by atoms with E-state index in [9.17, 15) is 0 Å². The minimum absolute atomic E-state index is 0.614. The number of aryl methyl sites for hydroxylation is 2. The highest BCUT2D eigenvalue weighted by Crippen LogP contribution is 2.39. The highest BCUT2D eigenvalue weighted by Gasteiger charge is 2.27. The first-order valence-electron chi connectivity index (χ1n) is 11.5. The van der Waals surface area contributed by atoms with Crippen molar-refractivity contribution in [3.05, 3.63) is 76.4 Å². The Morgan fingerprint density at radius 1 is 0.941 bits per heavy atom. The molecule has 0 radical (unpaired) electrons. The monoisotopic (exact) mass is 519 g/mol. The molecule has 5 rings (SSSR count). The summed E-state index contributed by atoms with van der Waals surface area (Å²) < 4.78 is 20.6. The number of pyridine rings is 1. The summed E-state index contributed by atoms with van der Waals surface area (Å²) in [6.07, 6.45) is 3.18. The maximum absolute atomic E-state index is 5.81. The van der Waals surface area contributed by atoms with Crippen molar-refractivity contribution < 1.29 is 18.8 Å². The van der Waals surface area contributed by atoms with Crippen LogP contribution in [-0.2, 0) is 19.5 Å². The Labute approximate surface area is 208 Å². The number of benzene rings is 3. The number of fused-ring (bicyclic) bond motifs is 4. The third-order valence-electron chi connectivity index (χ3n) is 6.32. The molecule has 0 amide bonds. The molecule has 0 fully saturated rings. The van der Waals surface area contributed by atoms with Crippen LogP contribution in [0.1, 0.15) is 18.1 Å². The van der Waals surface area contributed by atoms with Crippen LogP contribution in [0.2, 0.25) is 0 Å². The van der Waals surface area contributed by atoms with Gasteiger partial charge < -0.3 is 19.5 Å². The lowest BCUT2D eigenvalue weighted by atomic mass is 9.95. The Bertz CT molecular complexity index is 1350. The van der Waals surface area contributed by atoms with Gasteiger partial charge in [-0.05, 0) is 53.8 Å². The number of methoxy groups -OCH3 is 2. The molecule has 0 bridgehead atoms. The number of ether oxygens (including phenoxy) is 3. The van der Waals surface area contributed by atoms with Gasteiger partial charge in [0.25, 0.3) is 0 Å². The summed E-state index contributed by atoms with van der Waals surface area (Å²) in [7, 11) is 3.41. The molecule has 0 spiro atoms. The van der Waals surface area contributed by atoms with E-state index in [1.807, 2.05) is 13.0 Å². The topological polar surface area (TPSA) is 43.6 Å². The standard InChI is InChI=1S/C28H27BrN2O3/c1-4-34-27-14-20-11-12-31-17-23-19(13-24(31)22(20)15-26(27)33-3)7-10-25(32-2)28(23)30-16-18-5-8-21(29)9-6-18/h5-10,13-15,17H,4,11-12,16H2,1-3H3/p+1. The van der Waals surface area contributed by atoms with Crippen molar-refractivity contribution in [1.82, 2.24) is 0 Å². The van der Waals surface area contributed by atoms with Gasteiger partial charge in [0, 0.05) is 23.5 Å². The number of nitrogens with one attached hydrogen (secondary N) is 1. The Kier molecular flexibility index (Phi) is 6.33. The Hall–Kier alpha value is -3.25. The number of anilines is 1. The van der Waals surface area contributed by atoms with Gasteiger partial charge in [0.1, 0.15) is 5.75 Å². The van der Waals surface area contributed by atoms with E-state index < -0.39 is 0 Å². The van der Waals surface area contributed by atoms with Gasteiger partial charge in [-0.25, -0.2) is 0 Å². The van der Waals surface area contributed by atoms with Gasteiger partial charge in [-0.1, -0.05) is 34.1 Å². The second-order valence-corrected chi connectivity index (χ2v) is 9.24. The molecule has 4 aromatic rings. The van der Waals surface area contributed by atoms with Crippen LogP contribution in [0.5, 0.6) is 17.2 Å². The summed E-state index contributed by atoms with van der Waals surface area (Å²) >= 11 is 3.51. The fraction of sp³-hybridized carbons (Fsp3) is 0.250. The van der Waals surface area contributed by atoms with E-state index in [4.69, 9.17) is 14.2 Å². The van der Waals surface area contributed by atoms with Crippen molar-refractivity contribution >= 4 is 32.4 Å². The Morgan fingerprint density at radius 2 is 1.74 bits per heavy atom. The molecule has 174 valence electrons. The first kappa shape index (κ1) is 22.5. The maximum atomic E-state index is 5.81. The molecule has 0 atom stereocenters. The van der Waals surface area contributed by atoms with Crippen LogP contribution < -0.4 is 24.1 Å². The predicted octanol–water partition coefficient (Wildman–Crippen LogP) is 6.14. The zero-order chi connectivity index (χ0) is 23.7. The van der Waals surface area contributed by atoms with Gasteiger partial charge in [-0.15, -0.1) is 0 Å². The molecular formula is C28H28BrN2O3+. The zero-order valence-corrected chi connectivity index (χ0v) is 21.2. The van der Waals surface area contributed by atoms with Crippen molar-refractivity contribution in [2.75, 3.05) is 26.1 Å². The van der Waals surface area contributed by atoms with Crippen molar-refractivity contribution in [3.63, 3.8) is 0 Å². The fourth-order valence-electron chi connectivity index (χ4n) is 4.61. The molecule has 5 nitrogen and oxygen atoms in total. The Balaban J connectivity index is 1.58. The van der Waals surface area contributed by atoms with Crippen molar-refractivity contribution in [1.29, 1.82) is 0 Å². The van der Waals surface area contributed by atoms with Gasteiger partial charge in [-0.2, -0.15) is 4.57 Å². The van der Waals surface area contributed by atoms with E-state index in [1.165, 1.54) is 22.4 Å². The van der Waals surface area contributed by atoms with Gasteiger partial charge >= 0.3 is 0 Å². The third kappa shape index (κ3) is 4.18. The van der Waals surface area contributed by atoms with Crippen LogP contribution in [-0.4, -0.2) is 20.8 Å². The summed E-state index contributed by atoms with van der Waals surface area (Å²) in [5.74, 6) is 2.41. The van der Waals surface area contributed by atoms with E-state index in [0.717, 1.165) is 51.1 Å². The lowest BCUT2D eigenvalue weighted by Crippen LogP contribution is -2.40. The van der Waals surface area contributed by atoms with Crippen LogP contribution in [0.3, 0.4) is 0 Å². The van der Waals surface area contributed by atoms with Crippen LogP contribution in [0.25, 0.3) is 22.0 Å². The largest absolute Gasteiger partial charge is 0.495 e. The predicted molar refractivity (Wildman–Crippen MR) is 139 cm³/mol. The van der Waals surface area contributed by atoms with Crippen molar-refractivity contribution in [3.8, 4) is 28.5 Å². The summed E-state index contributed by atoms with van der Waals surface area (Å²) in [4.78, 5) is 0. The molecule has 34 heavy (non-hydrogen) atoms. The fourth-order valence-corrected chi connectivity index (χ4v) is 4.88. The SMILES string of the molecule is CCOc1cc2c(cc1OC)-c1cc3ccc(OC)c(NCc4ccc(Br)cc4)c3c[n+]1CC2. The molecule has 6 heteroatoms. The average molecular weight is 520 g/mol. The minimum Gasteiger partial charge on any atom is -0.495 e. The van der Waals surface area contributed by atoms with E-state index in [0.29, 0.717) is 13.2 Å². The molecule has 1 aliphatic heterocycles. The van der Waals surface area contributed by atoms with Crippen LogP contribution in [0.15, 0.2) is 65.3 Å². The van der Waals surface area contributed by atoms with Gasteiger partial charge in [0.15, 0.2) is 24.2 Å². The number of halogens is 1. The quantitative estimate of drug-likeness (QED) is 0.298. The van der Waals surface area contributed by atoms with E-state index in [-0.39, 0.29) is 0 Å². The second kappa shape index (κ2) is 9.55. The smallest absolute Gasteiger partial charge is 0.213 e. The first-order chi connectivity index (χ1) is 16.6. The highest BCUT2D eigenvalue weighted by atomic mass is 79.9. The molecule has 2 heterocycles. The van der Waals surface area contributed by atoms with Crippen LogP contribution in [0, 0.1) is 0 Å². The normalized spacial score (nSPS) is 12.1. The summed E-state index contributed by atoms with van der Waals surface area (Å²) in [5.41, 5.74) is 5.87. The minimum atomic E-state index is 0.614. The molecule has 0 saturated heterocycles. The molecule has 3 aromatic carbocycles. The number of hydrogen-bond acceptors (Lipinski definition) is 4.